The topological polar surface area (TPSA) is 26.0 Å². The lowest BCUT2D eigenvalue weighted by molar-refractivity contribution is 1.07. The number of rotatable bonds is 2. The minimum atomic E-state index is 0.680. The van der Waals surface area contributed by atoms with Gasteiger partial charge in [0.05, 0.1) is 0 Å². The molecule has 0 unspecified atom stereocenters. The highest BCUT2D eigenvalue weighted by atomic mass is 14.5. The summed E-state index contributed by atoms with van der Waals surface area (Å²) < 4.78 is 0. The molecule has 0 aromatic carbocycles. The fourth-order valence-corrected chi connectivity index (χ4v) is 0.346. The van der Waals surface area contributed by atoms with Crippen LogP contribution < -0.4 is 5.73 Å². The van der Waals surface area contributed by atoms with Crippen molar-refractivity contribution in [2.75, 3.05) is 6.54 Å². The molecule has 0 atom stereocenters. The second kappa shape index (κ2) is 10.6. The zero-order chi connectivity index (χ0) is 7.70. The van der Waals surface area contributed by atoms with Crippen molar-refractivity contribution in [2.45, 2.75) is 34.1 Å². The van der Waals surface area contributed by atoms with Crippen LogP contribution in [0, 0.1) is 0 Å². The maximum absolute atomic E-state index is 5.23. The first-order chi connectivity index (χ1) is 4.31. The van der Waals surface area contributed by atoms with Crippen molar-refractivity contribution in [1.29, 1.82) is 0 Å². The molecule has 0 aromatic rings. The van der Waals surface area contributed by atoms with Gasteiger partial charge < -0.3 is 5.73 Å². The Bertz CT molecular complexity index is 65.0. The zero-order valence-electron chi connectivity index (χ0n) is 7.07. The lowest BCUT2D eigenvalue weighted by atomic mass is 10.2. The predicted octanol–water partition coefficient (Wildman–Crippen LogP) is 2.33. The summed E-state index contributed by atoms with van der Waals surface area (Å²) in [6.45, 7) is 8.90. The first kappa shape index (κ1) is 11.5. The molecule has 0 radical (unpaired) electrons. The van der Waals surface area contributed by atoms with Gasteiger partial charge in [0.2, 0.25) is 0 Å². The van der Waals surface area contributed by atoms with Crippen LogP contribution >= 0.6 is 0 Å². The van der Waals surface area contributed by atoms with E-state index >= 15 is 0 Å². The second-order valence-corrected chi connectivity index (χ2v) is 1.64. The van der Waals surface area contributed by atoms with Crippen LogP contribution in [0.2, 0.25) is 0 Å². The summed E-state index contributed by atoms with van der Waals surface area (Å²) in [5.74, 6) is 0. The van der Waals surface area contributed by atoms with Crippen LogP contribution in [0.15, 0.2) is 11.6 Å². The molecule has 0 spiro atoms. The van der Waals surface area contributed by atoms with Gasteiger partial charge in [-0.05, 0) is 13.3 Å². The minimum absolute atomic E-state index is 0.680. The standard InChI is InChI=1S/C6H13N.C2H6/c1-3-6(2)4-5-7;1-2/h4H,3,5,7H2,1-2H3;1-2H3/b6-4+;. The smallest absolute Gasteiger partial charge is 0.0109 e. The third-order valence-corrected chi connectivity index (χ3v) is 1.02. The van der Waals surface area contributed by atoms with E-state index in [1.165, 1.54) is 5.57 Å². The van der Waals surface area contributed by atoms with Crippen molar-refractivity contribution < 1.29 is 0 Å². The molecule has 0 aliphatic heterocycles. The average Bonchev–Trinajstić information content (AvgIpc) is 1.93. The largest absolute Gasteiger partial charge is 0.327 e. The summed E-state index contributed by atoms with van der Waals surface area (Å²) in [4.78, 5) is 0. The maximum Gasteiger partial charge on any atom is 0.0109 e. The van der Waals surface area contributed by atoms with Gasteiger partial charge in [-0.1, -0.05) is 32.4 Å². The number of hydrogen-bond donors (Lipinski definition) is 1. The summed E-state index contributed by atoms with van der Waals surface area (Å²) in [7, 11) is 0. The molecule has 0 aliphatic rings. The minimum Gasteiger partial charge on any atom is -0.327 e. The van der Waals surface area contributed by atoms with Gasteiger partial charge in [0, 0.05) is 6.54 Å². The van der Waals surface area contributed by atoms with Gasteiger partial charge >= 0.3 is 0 Å². The van der Waals surface area contributed by atoms with Crippen LogP contribution in [-0.2, 0) is 0 Å². The van der Waals surface area contributed by atoms with E-state index in [9.17, 15) is 0 Å². The van der Waals surface area contributed by atoms with Gasteiger partial charge in [0.25, 0.3) is 0 Å². The van der Waals surface area contributed by atoms with Crippen LogP contribution in [0.25, 0.3) is 0 Å². The molecule has 0 bridgehead atoms. The molecular weight excluding hydrogens is 110 g/mol. The Morgan fingerprint density at radius 3 is 2.00 bits per heavy atom. The van der Waals surface area contributed by atoms with E-state index in [-0.39, 0.29) is 0 Å². The second-order valence-electron chi connectivity index (χ2n) is 1.64. The van der Waals surface area contributed by atoms with Gasteiger partial charge in [-0.2, -0.15) is 0 Å². The molecule has 0 aliphatic carbocycles. The SMILES string of the molecule is CC.CC/C(C)=C/CN. The molecule has 1 nitrogen and oxygen atoms in total. The highest BCUT2D eigenvalue weighted by molar-refractivity contribution is 4.96. The first-order valence-corrected chi connectivity index (χ1v) is 3.67. The van der Waals surface area contributed by atoms with Crippen LogP contribution in [-0.4, -0.2) is 6.54 Å². The Labute approximate surface area is 58.9 Å². The number of nitrogens with two attached hydrogens (primary N) is 1. The molecule has 0 heterocycles. The molecule has 0 saturated heterocycles. The summed E-state index contributed by atoms with van der Waals surface area (Å²) in [5, 5.41) is 0. The molecule has 0 saturated carbocycles. The van der Waals surface area contributed by atoms with Crippen molar-refractivity contribution in [3.05, 3.63) is 11.6 Å². The quantitative estimate of drug-likeness (QED) is 0.569. The molecule has 1 heteroatoms. The Balaban J connectivity index is 0. The van der Waals surface area contributed by atoms with Crippen molar-refractivity contribution in [3.8, 4) is 0 Å². The first-order valence-electron chi connectivity index (χ1n) is 3.67. The van der Waals surface area contributed by atoms with Gasteiger partial charge in [-0.3, -0.25) is 0 Å². The van der Waals surface area contributed by atoms with Crippen LogP contribution in [0.3, 0.4) is 0 Å². The third-order valence-electron chi connectivity index (χ3n) is 1.02. The molecule has 0 rings (SSSR count). The highest BCUT2D eigenvalue weighted by Crippen LogP contribution is 1.94. The van der Waals surface area contributed by atoms with Crippen molar-refractivity contribution in [3.63, 3.8) is 0 Å². The average molecular weight is 129 g/mol. The normalized spacial score (nSPS) is 10.1. The van der Waals surface area contributed by atoms with Crippen molar-refractivity contribution in [1.82, 2.24) is 0 Å². The molecule has 2 N–H and O–H groups in total. The van der Waals surface area contributed by atoms with E-state index in [0.717, 1.165) is 6.42 Å². The molecule has 9 heavy (non-hydrogen) atoms. The van der Waals surface area contributed by atoms with Crippen LogP contribution in [0.4, 0.5) is 0 Å². The third kappa shape index (κ3) is 11.3. The molecule has 0 amide bonds. The summed E-state index contributed by atoms with van der Waals surface area (Å²) in [5.41, 5.74) is 6.61. The van der Waals surface area contributed by atoms with E-state index in [1.54, 1.807) is 0 Å². The summed E-state index contributed by atoms with van der Waals surface area (Å²) >= 11 is 0. The van der Waals surface area contributed by atoms with Gasteiger partial charge in [0.15, 0.2) is 0 Å². The Morgan fingerprint density at radius 2 is 1.89 bits per heavy atom. The van der Waals surface area contributed by atoms with Gasteiger partial charge in [0.1, 0.15) is 0 Å². The van der Waals surface area contributed by atoms with Gasteiger partial charge in [-0.15, -0.1) is 0 Å². The highest BCUT2D eigenvalue weighted by Gasteiger charge is 1.76. The van der Waals surface area contributed by atoms with E-state index in [2.05, 4.69) is 13.8 Å². The Kier molecular flexibility index (Phi) is 13.6. The maximum atomic E-state index is 5.23. The van der Waals surface area contributed by atoms with Crippen LogP contribution in [0.5, 0.6) is 0 Å². The van der Waals surface area contributed by atoms with Gasteiger partial charge in [-0.25, -0.2) is 0 Å². The zero-order valence-corrected chi connectivity index (χ0v) is 7.07. The van der Waals surface area contributed by atoms with Crippen molar-refractivity contribution >= 4 is 0 Å². The molecule has 0 fully saturated rings. The van der Waals surface area contributed by atoms with E-state index in [1.807, 2.05) is 19.9 Å². The van der Waals surface area contributed by atoms with Crippen LogP contribution in [0.1, 0.15) is 34.1 Å². The lowest BCUT2D eigenvalue weighted by Crippen LogP contribution is -1.93. The number of allylic oxidation sites excluding steroid dienone is 1. The monoisotopic (exact) mass is 129 g/mol. The van der Waals surface area contributed by atoms with Crippen molar-refractivity contribution in [2.24, 2.45) is 5.73 Å². The summed E-state index contributed by atoms with van der Waals surface area (Å²) in [6.07, 6.45) is 3.16. The fourth-order valence-electron chi connectivity index (χ4n) is 0.346. The lowest BCUT2D eigenvalue weighted by Gasteiger charge is -1.88. The predicted molar refractivity (Wildman–Crippen MR) is 44.5 cm³/mol. The Morgan fingerprint density at radius 1 is 1.44 bits per heavy atom. The molecular formula is C8H19N. The molecule has 0 aromatic heterocycles. The fraction of sp³-hybridized carbons (Fsp3) is 0.750. The number of hydrogen-bond acceptors (Lipinski definition) is 1. The summed E-state index contributed by atoms with van der Waals surface area (Å²) in [6, 6.07) is 0. The van der Waals surface area contributed by atoms with E-state index in [0.29, 0.717) is 6.54 Å². The van der Waals surface area contributed by atoms with E-state index < -0.39 is 0 Å². The Hall–Kier alpha value is -0.300. The van der Waals surface area contributed by atoms with E-state index in [4.69, 9.17) is 5.73 Å². The molecule has 56 valence electrons.